The minimum absolute atomic E-state index is 0.0759. The van der Waals surface area contributed by atoms with Gasteiger partial charge in [0.1, 0.15) is 40.5 Å². The number of halogens is 1. The summed E-state index contributed by atoms with van der Waals surface area (Å²) in [5.41, 5.74) is 3.59. The van der Waals surface area contributed by atoms with E-state index in [0.717, 1.165) is 11.3 Å². The molecule has 12 heteroatoms. The highest BCUT2D eigenvalue weighted by Gasteiger charge is 2.23. The number of piperidine rings is 1. The monoisotopic (exact) mass is 554 g/mol. The quantitative estimate of drug-likeness (QED) is 0.282. The lowest BCUT2D eigenvalue weighted by molar-refractivity contribution is -0.127. The molecule has 0 atom stereocenters. The Morgan fingerprint density at radius 2 is 1.95 bits per heavy atom. The van der Waals surface area contributed by atoms with Crippen molar-refractivity contribution < 1.29 is 18.7 Å². The number of carbonyl (C=O) groups is 1. The second-order valence-electron chi connectivity index (χ2n) is 9.79. The Morgan fingerprint density at radius 3 is 2.73 bits per heavy atom. The van der Waals surface area contributed by atoms with Gasteiger partial charge in [-0.1, -0.05) is 6.58 Å². The van der Waals surface area contributed by atoms with E-state index in [0.29, 0.717) is 65.3 Å². The van der Waals surface area contributed by atoms with Gasteiger partial charge in [0.15, 0.2) is 11.6 Å². The van der Waals surface area contributed by atoms with E-state index in [9.17, 15) is 9.18 Å². The number of hydrogen-bond donors (Lipinski definition) is 1. The highest BCUT2D eigenvalue weighted by atomic mass is 19.1. The van der Waals surface area contributed by atoms with E-state index in [2.05, 4.69) is 36.8 Å². The van der Waals surface area contributed by atoms with E-state index in [4.69, 9.17) is 9.47 Å². The van der Waals surface area contributed by atoms with Crippen LogP contribution in [0.5, 0.6) is 17.5 Å². The summed E-state index contributed by atoms with van der Waals surface area (Å²) in [5, 5.41) is 3.29. The maximum atomic E-state index is 14.6. The third-order valence-corrected chi connectivity index (χ3v) is 6.96. The van der Waals surface area contributed by atoms with Crippen molar-refractivity contribution in [2.75, 3.05) is 18.4 Å². The van der Waals surface area contributed by atoms with E-state index >= 15 is 0 Å². The van der Waals surface area contributed by atoms with Crippen molar-refractivity contribution in [1.29, 1.82) is 0 Å². The number of fused-ring (bicyclic) bond motifs is 2. The van der Waals surface area contributed by atoms with E-state index < -0.39 is 5.82 Å². The van der Waals surface area contributed by atoms with E-state index in [-0.39, 0.29) is 18.0 Å². The van der Waals surface area contributed by atoms with Crippen LogP contribution in [0.1, 0.15) is 18.4 Å². The van der Waals surface area contributed by atoms with E-state index in [1.165, 1.54) is 18.5 Å². The predicted octanol–water partition coefficient (Wildman–Crippen LogP) is 4.85. The molecule has 11 nitrogen and oxygen atoms in total. The van der Waals surface area contributed by atoms with Gasteiger partial charge >= 0.3 is 6.01 Å². The zero-order valence-electron chi connectivity index (χ0n) is 22.5. The van der Waals surface area contributed by atoms with Gasteiger partial charge in [-0.2, -0.15) is 4.98 Å². The number of aryl methyl sites for hydroxylation is 2. The molecular weight excluding hydrogens is 527 g/mol. The fourth-order valence-electron chi connectivity index (χ4n) is 4.84. The standard InChI is InChI=1S/C29H27FN8O3/c1-4-25(39)38-9-7-19(8-10-38)41-29-31-14-23-26(36-29)28(33-15-32-23)35-18-5-6-24(17(2)11-18)40-20-12-21(30)27-22(13-20)34-16-37(27)3/h4-6,11-16,19H,1,7-10H2,2-3H3,(H,32,33,35). The van der Waals surface area contributed by atoms with Gasteiger partial charge in [0.05, 0.1) is 18.0 Å². The number of imidazole rings is 1. The largest absolute Gasteiger partial charge is 0.460 e. The molecule has 0 bridgehead atoms. The van der Waals surface area contributed by atoms with Crippen molar-refractivity contribution in [3.8, 4) is 17.5 Å². The first-order chi connectivity index (χ1) is 19.9. The van der Waals surface area contributed by atoms with Crippen LogP contribution in [0.2, 0.25) is 0 Å². The minimum Gasteiger partial charge on any atom is -0.460 e. The van der Waals surface area contributed by atoms with Crippen LogP contribution in [0.15, 0.2) is 61.8 Å². The van der Waals surface area contributed by atoms with Crippen LogP contribution in [-0.4, -0.2) is 59.5 Å². The summed E-state index contributed by atoms with van der Waals surface area (Å²) in [4.78, 5) is 35.4. The van der Waals surface area contributed by atoms with Crippen molar-refractivity contribution in [1.82, 2.24) is 34.4 Å². The van der Waals surface area contributed by atoms with Gasteiger partial charge in [0.2, 0.25) is 5.91 Å². The Labute approximate surface area is 234 Å². The number of nitrogens with zero attached hydrogens (tertiary/aromatic N) is 7. The molecule has 5 aromatic rings. The van der Waals surface area contributed by atoms with Crippen molar-refractivity contribution in [3.63, 3.8) is 0 Å². The maximum Gasteiger partial charge on any atom is 0.317 e. The Kier molecular flexibility index (Phi) is 6.88. The number of aromatic nitrogens is 6. The molecule has 2 aromatic carbocycles. The Morgan fingerprint density at radius 1 is 1.12 bits per heavy atom. The fraction of sp³-hybridized carbons (Fsp3) is 0.241. The van der Waals surface area contributed by atoms with Crippen LogP contribution in [0.3, 0.4) is 0 Å². The average Bonchev–Trinajstić information content (AvgIpc) is 3.35. The number of ether oxygens (including phenoxy) is 2. The molecule has 1 aliphatic rings. The zero-order chi connectivity index (χ0) is 28.5. The molecule has 208 valence electrons. The average molecular weight is 555 g/mol. The molecule has 1 fully saturated rings. The van der Waals surface area contributed by atoms with Gasteiger partial charge in [-0.05, 0) is 36.8 Å². The SMILES string of the molecule is C=CC(=O)N1CCC(Oc2ncc3ncnc(Nc4ccc(Oc5cc(F)c6c(c5)ncn6C)c(C)c4)c3n2)CC1. The van der Waals surface area contributed by atoms with Gasteiger partial charge in [0.25, 0.3) is 0 Å². The Balaban J connectivity index is 1.18. The number of likely N-dealkylation sites (tertiary alicyclic amines) is 1. The molecule has 1 amide bonds. The summed E-state index contributed by atoms with van der Waals surface area (Å²) in [7, 11) is 1.74. The molecule has 0 saturated carbocycles. The summed E-state index contributed by atoms with van der Waals surface area (Å²) in [5.74, 6) is 0.957. The van der Waals surface area contributed by atoms with Crippen LogP contribution in [0.25, 0.3) is 22.1 Å². The molecule has 1 aliphatic heterocycles. The molecule has 3 aromatic heterocycles. The van der Waals surface area contributed by atoms with E-state index in [1.54, 1.807) is 41.2 Å². The van der Waals surface area contributed by atoms with Crippen LogP contribution >= 0.6 is 0 Å². The third kappa shape index (κ3) is 5.36. The Bertz CT molecular complexity index is 1780. The van der Waals surface area contributed by atoms with Crippen molar-refractivity contribution in [3.05, 3.63) is 73.2 Å². The van der Waals surface area contributed by atoms with Gasteiger partial charge in [-0.25, -0.2) is 24.3 Å². The van der Waals surface area contributed by atoms with Gasteiger partial charge < -0.3 is 24.3 Å². The van der Waals surface area contributed by atoms with Crippen molar-refractivity contribution in [2.45, 2.75) is 25.9 Å². The molecule has 0 unspecified atom stereocenters. The predicted molar refractivity (Wildman–Crippen MR) is 151 cm³/mol. The number of hydrogen-bond acceptors (Lipinski definition) is 9. The number of amides is 1. The molecule has 1 saturated heterocycles. The second-order valence-corrected chi connectivity index (χ2v) is 9.79. The first-order valence-electron chi connectivity index (χ1n) is 13.1. The summed E-state index contributed by atoms with van der Waals surface area (Å²) >= 11 is 0. The summed E-state index contributed by atoms with van der Waals surface area (Å²) in [6.07, 6.45) is 7.17. The van der Waals surface area contributed by atoms with Crippen molar-refractivity contribution in [2.24, 2.45) is 7.05 Å². The first kappa shape index (κ1) is 26.1. The number of benzene rings is 2. The van der Waals surface area contributed by atoms with Gasteiger partial charge in [0, 0.05) is 50.8 Å². The normalized spacial score (nSPS) is 13.9. The van der Waals surface area contributed by atoms with Crippen LogP contribution in [0, 0.1) is 12.7 Å². The van der Waals surface area contributed by atoms with E-state index in [1.807, 2.05) is 19.1 Å². The van der Waals surface area contributed by atoms with Crippen molar-refractivity contribution >= 4 is 39.5 Å². The number of rotatable bonds is 7. The molecule has 6 rings (SSSR count). The zero-order valence-corrected chi connectivity index (χ0v) is 22.5. The highest BCUT2D eigenvalue weighted by Crippen LogP contribution is 2.32. The van der Waals surface area contributed by atoms with Crippen LogP contribution in [0.4, 0.5) is 15.9 Å². The number of carbonyl (C=O) groups excluding carboxylic acids is 1. The third-order valence-electron chi connectivity index (χ3n) is 6.96. The molecule has 0 aliphatic carbocycles. The smallest absolute Gasteiger partial charge is 0.317 e. The Hall–Kier alpha value is -5.13. The molecule has 1 N–H and O–H groups in total. The lowest BCUT2D eigenvalue weighted by Crippen LogP contribution is -2.41. The van der Waals surface area contributed by atoms with Crippen LogP contribution in [-0.2, 0) is 11.8 Å². The topological polar surface area (TPSA) is 120 Å². The fourth-order valence-corrected chi connectivity index (χ4v) is 4.84. The van der Waals surface area contributed by atoms with Gasteiger partial charge in [-0.3, -0.25) is 4.79 Å². The lowest BCUT2D eigenvalue weighted by Gasteiger charge is -2.30. The second kappa shape index (κ2) is 10.8. The lowest BCUT2D eigenvalue weighted by atomic mass is 10.1. The first-order valence-corrected chi connectivity index (χ1v) is 13.1. The summed E-state index contributed by atoms with van der Waals surface area (Å²) in [6, 6.07) is 8.82. The summed E-state index contributed by atoms with van der Waals surface area (Å²) < 4.78 is 28.3. The molecule has 41 heavy (non-hydrogen) atoms. The van der Waals surface area contributed by atoms with Gasteiger partial charge in [-0.15, -0.1) is 0 Å². The number of nitrogens with one attached hydrogen (secondary N) is 1. The summed E-state index contributed by atoms with van der Waals surface area (Å²) in [6.45, 7) is 6.62. The molecule has 4 heterocycles. The number of anilines is 2. The minimum atomic E-state index is -0.400. The van der Waals surface area contributed by atoms with Crippen LogP contribution < -0.4 is 14.8 Å². The highest BCUT2D eigenvalue weighted by molar-refractivity contribution is 5.87. The molecule has 0 spiro atoms. The molecular formula is C29H27FN8O3. The molecule has 0 radical (unpaired) electrons. The maximum absolute atomic E-state index is 14.6.